The molecule has 1 aliphatic carbocycles. The quantitative estimate of drug-likeness (QED) is 0.437. The molecule has 1 heterocycles. The SMILES string of the molecule is C1CCCCC1.CN(CCc1cnc(C(O)c2ccccc2)o1)Cc1ccc(CC=O)cc1. The van der Waals surface area contributed by atoms with Gasteiger partial charge in [0.1, 0.15) is 12.0 Å². The van der Waals surface area contributed by atoms with Gasteiger partial charge >= 0.3 is 0 Å². The summed E-state index contributed by atoms with van der Waals surface area (Å²) in [6.07, 6.45) is 11.9. The molecule has 1 atom stereocenters. The van der Waals surface area contributed by atoms with Gasteiger partial charge in [-0.15, -0.1) is 0 Å². The predicted molar refractivity (Wildman–Crippen MR) is 131 cm³/mol. The third kappa shape index (κ3) is 8.60. The van der Waals surface area contributed by atoms with E-state index in [4.69, 9.17) is 4.42 Å². The zero-order chi connectivity index (χ0) is 23.3. The van der Waals surface area contributed by atoms with Crippen LogP contribution in [0, 0.1) is 0 Å². The number of aromatic nitrogens is 1. The van der Waals surface area contributed by atoms with Gasteiger partial charge in [-0.3, -0.25) is 0 Å². The van der Waals surface area contributed by atoms with Crippen LogP contribution in [-0.2, 0) is 24.2 Å². The van der Waals surface area contributed by atoms with Crippen molar-refractivity contribution in [1.82, 2.24) is 9.88 Å². The maximum absolute atomic E-state index is 10.5. The maximum Gasteiger partial charge on any atom is 0.227 e. The van der Waals surface area contributed by atoms with E-state index in [9.17, 15) is 9.90 Å². The second-order valence-electron chi connectivity index (χ2n) is 8.77. The van der Waals surface area contributed by atoms with Gasteiger partial charge < -0.3 is 19.2 Å². The highest BCUT2D eigenvalue weighted by Crippen LogP contribution is 2.21. The molecule has 176 valence electrons. The van der Waals surface area contributed by atoms with Crippen LogP contribution in [0.4, 0.5) is 0 Å². The molecule has 0 aliphatic heterocycles. The minimum absolute atomic E-state index is 0.324. The highest BCUT2D eigenvalue weighted by Gasteiger charge is 2.16. The second kappa shape index (κ2) is 13.7. The van der Waals surface area contributed by atoms with Crippen molar-refractivity contribution in [2.45, 2.75) is 64.0 Å². The van der Waals surface area contributed by atoms with Crippen LogP contribution >= 0.6 is 0 Å². The van der Waals surface area contributed by atoms with Crippen molar-refractivity contribution in [2.75, 3.05) is 13.6 Å². The number of rotatable bonds is 9. The van der Waals surface area contributed by atoms with Gasteiger partial charge in [0.25, 0.3) is 0 Å². The maximum atomic E-state index is 10.5. The monoisotopic (exact) mass is 448 g/mol. The molecule has 0 amide bonds. The topological polar surface area (TPSA) is 66.6 Å². The molecular weight excluding hydrogens is 412 g/mol. The first-order valence-corrected chi connectivity index (χ1v) is 12.0. The summed E-state index contributed by atoms with van der Waals surface area (Å²) in [6, 6.07) is 17.5. The molecule has 1 aliphatic rings. The van der Waals surface area contributed by atoms with E-state index in [0.717, 1.165) is 36.3 Å². The molecule has 0 saturated heterocycles. The molecule has 33 heavy (non-hydrogen) atoms. The number of aliphatic hydroxyl groups excluding tert-OH is 1. The van der Waals surface area contributed by atoms with Crippen LogP contribution in [0.2, 0.25) is 0 Å². The Morgan fingerprint density at radius 3 is 2.18 bits per heavy atom. The summed E-state index contributed by atoms with van der Waals surface area (Å²) in [6.45, 7) is 1.63. The molecule has 0 spiro atoms. The van der Waals surface area contributed by atoms with E-state index in [1.54, 1.807) is 6.20 Å². The highest BCUT2D eigenvalue weighted by molar-refractivity contribution is 5.54. The van der Waals surface area contributed by atoms with Crippen molar-refractivity contribution in [3.05, 3.63) is 89.1 Å². The van der Waals surface area contributed by atoms with Crippen LogP contribution in [-0.4, -0.2) is 34.9 Å². The molecule has 1 saturated carbocycles. The fourth-order valence-corrected chi connectivity index (χ4v) is 3.97. The third-order valence-corrected chi connectivity index (χ3v) is 5.96. The van der Waals surface area contributed by atoms with Gasteiger partial charge in [0.2, 0.25) is 5.89 Å². The van der Waals surface area contributed by atoms with Gasteiger partial charge in [0.05, 0.1) is 6.20 Å². The van der Waals surface area contributed by atoms with Crippen molar-refractivity contribution in [3.63, 3.8) is 0 Å². The van der Waals surface area contributed by atoms with Crippen molar-refractivity contribution in [1.29, 1.82) is 0 Å². The second-order valence-corrected chi connectivity index (χ2v) is 8.77. The molecule has 1 N–H and O–H groups in total. The summed E-state index contributed by atoms with van der Waals surface area (Å²) in [5.74, 6) is 1.08. The van der Waals surface area contributed by atoms with Crippen molar-refractivity contribution >= 4 is 6.29 Å². The van der Waals surface area contributed by atoms with Crippen molar-refractivity contribution in [3.8, 4) is 0 Å². The van der Waals surface area contributed by atoms with Crippen LogP contribution in [0.25, 0.3) is 0 Å². The van der Waals surface area contributed by atoms with E-state index in [1.165, 1.54) is 44.1 Å². The van der Waals surface area contributed by atoms with Gasteiger partial charge in [-0.2, -0.15) is 0 Å². The lowest BCUT2D eigenvalue weighted by atomic mass is 10.0. The van der Waals surface area contributed by atoms with Crippen LogP contribution in [0.3, 0.4) is 0 Å². The van der Waals surface area contributed by atoms with Crippen molar-refractivity contribution < 1.29 is 14.3 Å². The number of aldehydes is 1. The Balaban J connectivity index is 0.000000442. The lowest BCUT2D eigenvalue weighted by molar-refractivity contribution is -0.107. The largest absolute Gasteiger partial charge is 0.442 e. The predicted octanol–water partition coefficient (Wildman–Crippen LogP) is 5.51. The number of nitrogens with zero attached hydrogens (tertiary/aromatic N) is 2. The zero-order valence-electron chi connectivity index (χ0n) is 19.7. The lowest BCUT2D eigenvalue weighted by Gasteiger charge is -2.16. The number of benzene rings is 2. The van der Waals surface area contributed by atoms with Gasteiger partial charge in [0, 0.05) is 25.9 Å². The smallest absolute Gasteiger partial charge is 0.227 e. The number of aliphatic hydroxyl groups is 1. The molecule has 4 rings (SSSR count). The zero-order valence-corrected chi connectivity index (χ0v) is 19.7. The number of carbonyl (C=O) groups excluding carboxylic acids is 1. The minimum Gasteiger partial charge on any atom is -0.442 e. The summed E-state index contributed by atoms with van der Waals surface area (Å²) in [5, 5.41) is 10.3. The number of carbonyl (C=O) groups is 1. The first-order chi connectivity index (χ1) is 16.2. The van der Waals surface area contributed by atoms with Crippen LogP contribution in [0.15, 0.2) is 65.2 Å². The van der Waals surface area contributed by atoms with Crippen LogP contribution < -0.4 is 0 Å². The van der Waals surface area contributed by atoms with Crippen LogP contribution in [0.1, 0.15) is 73.0 Å². The molecule has 5 nitrogen and oxygen atoms in total. The van der Waals surface area contributed by atoms with Crippen LogP contribution in [0.5, 0.6) is 0 Å². The van der Waals surface area contributed by atoms with E-state index in [1.807, 2.05) is 42.5 Å². The number of hydrogen-bond donors (Lipinski definition) is 1. The fraction of sp³-hybridized carbons (Fsp3) is 0.429. The summed E-state index contributed by atoms with van der Waals surface area (Å²) >= 11 is 0. The van der Waals surface area contributed by atoms with E-state index < -0.39 is 6.10 Å². The Morgan fingerprint density at radius 1 is 0.970 bits per heavy atom. The van der Waals surface area contributed by atoms with Gasteiger partial charge in [-0.25, -0.2) is 4.98 Å². The normalized spacial score (nSPS) is 14.4. The summed E-state index contributed by atoms with van der Waals surface area (Å²) in [5.41, 5.74) is 2.99. The minimum atomic E-state index is -0.845. The van der Waals surface area contributed by atoms with E-state index in [-0.39, 0.29) is 0 Å². The average Bonchev–Trinajstić information content (AvgIpc) is 3.35. The molecular formula is C28H36N2O3. The third-order valence-electron chi connectivity index (χ3n) is 5.96. The number of oxazole rings is 1. The van der Waals surface area contributed by atoms with Gasteiger partial charge in [-0.05, 0) is 23.7 Å². The summed E-state index contributed by atoms with van der Waals surface area (Å²) in [7, 11) is 2.05. The molecule has 1 fully saturated rings. The lowest BCUT2D eigenvalue weighted by Crippen LogP contribution is -2.20. The summed E-state index contributed by atoms with van der Waals surface area (Å²) in [4.78, 5) is 17.0. The first kappa shape index (κ1) is 24.9. The van der Waals surface area contributed by atoms with E-state index in [2.05, 4.69) is 29.1 Å². The fourth-order valence-electron chi connectivity index (χ4n) is 3.97. The molecule has 1 aromatic heterocycles. The first-order valence-electron chi connectivity index (χ1n) is 12.0. The standard InChI is InChI=1S/C22H24N2O3.C6H12/c1-24(16-18-9-7-17(8-10-18)12-14-25)13-11-20-15-23-22(27-20)21(26)19-5-3-2-4-6-19;1-2-4-6-5-3-1/h2-10,14-15,21,26H,11-13,16H2,1H3;1-6H2. The Kier molecular flexibility index (Phi) is 10.3. The molecule has 0 bridgehead atoms. The Morgan fingerprint density at radius 2 is 1.58 bits per heavy atom. The molecule has 2 aromatic carbocycles. The Bertz CT molecular complexity index is 922. The summed E-state index contributed by atoms with van der Waals surface area (Å²) < 4.78 is 5.72. The Hall–Kier alpha value is -2.76. The van der Waals surface area contributed by atoms with Crippen molar-refractivity contribution in [2.24, 2.45) is 0 Å². The average molecular weight is 449 g/mol. The highest BCUT2D eigenvalue weighted by atomic mass is 16.4. The van der Waals surface area contributed by atoms with Gasteiger partial charge in [0.15, 0.2) is 6.10 Å². The number of hydrogen-bond acceptors (Lipinski definition) is 5. The molecule has 3 aromatic rings. The molecule has 0 radical (unpaired) electrons. The molecule has 1 unspecified atom stereocenters. The molecule has 5 heteroatoms. The van der Waals surface area contributed by atoms with E-state index >= 15 is 0 Å². The van der Waals surface area contributed by atoms with E-state index in [0.29, 0.717) is 18.7 Å². The Labute approximate surface area is 197 Å². The van der Waals surface area contributed by atoms with Gasteiger partial charge in [-0.1, -0.05) is 93.1 Å². The number of likely N-dealkylation sites (N-methyl/N-ethyl adjacent to an activating group) is 1.